The molecule has 0 amide bonds. The third-order valence-corrected chi connectivity index (χ3v) is 4.47. The van der Waals surface area contributed by atoms with E-state index >= 15 is 0 Å². The zero-order chi connectivity index (χ0) is 14.3. The number of nitrogens with zero attached hydrogens (tertiary/aromatic N) is 2. The number of hydrogen-bond donors (Lipinski definition) is 1. The van der Waals surface area contributed by atoms with E-state index in [0.717, 1.165) is 12.2 Å². The van der Waals surface area contributed by atoms with E-state index in [1.807, 2.05) is 11.7 Å². The summed E-state index contributed by atoms with van der Waals surface area (Å²) in [5.41, 5.74) is 7.94. The SMILES string of the molecule is CCNC1CCc2cc(-c3c(C)nn(C)c3C)ccc21. The zero-order valence-electron chi connectivity index (χ0n) is 12.8. The monoisotopic (exact) mass is 269 g/mol. The van der Waals surface area contributed by atoms with Crippen LogP contribution in [-0.4, -0.2) is 16.3 Å². The van der Waals surface area contributed by atoms with Crippen LogP contribution in [0.2, 0.25) is 0 Å². The maximum absolute atomic E-state index is 4.53. The highest BCUT2D eigenvalue weighted by atomic mass is 15.3. The van der Waals surface area contributed by atoms with Crippen molar-refractivity contribution in [2.45, 2.75) is 39.7 Å². The van der Waals surface area contributed by atoms with E-state index < -0.39 is 0 Å². The molecular formula is C17H23N3. The third-order valence-electron chi connectivity index (χ3n) is 4.47. The van der Waals surface area contributed by atoms with E-state index in [2.05, 4.69) is 49.4 Å². The molecule has 0 fully saturated rings. The smallest absolute Gasteiger partial charge is 0.0674 e. The molecule has 0 saturated heterocycles. The van der Waals surface area contributed by atoms with Gasteiger partial charge in [-0.3, -0.25) is 4.68 Å². The molecule has 0 aliphatic heterocycles. The molecule has 1 heterocycles. The van der Waals surface area contributed by atoms with Crippen LogP contribution in [-0.2, 0) is 13.5 Å². The lowest BCUT2D eigenvalue weighted by molar-refractivity contribution is 0.549. The van der Waals surface area contributed by atoms with Gasteiger partial charge < -0.3 is 5.32 Å². The maximum Gasteiger partial charge on any atom is 0.0674 e. The average Bonchev–Trinajstić information content (AvgIpc) is 2.92. The summed E-state index contributed by atoms with van der Waals surface area (Å²) in [4.78, 5) is 0. The molecule has 3 rings (SSSR count). The minimum atomic E-state index is 0.542. The normalized spacial score (nSPS) is 17.5. The molecule has 0 spiro atoms. The van der Waals surface area contributed by atoms with Gasteiger partial charge >= 0.3 is 0 Å². The first-order valence-electron chi connectivity index (χ1n) is 7.48. The Morgan fingerprint density at radius 3 is 2.80 bits per heavy atom. The van der Waals surface area contributed by atoms with Crippen molar-refractivity contribution in [1.29, 1.82) is 0 Å². The first-order valence-corrected chi connectivity index (χ1v) is 7.48. The molecule has 1 aliphatic rings. The van der Waals surface area contributed by atoms with E-state index in [4.69, 9.17) is 0 Å². The summed E-state index contributed by atoms with van der Waals surface area (Å²) in [7, 11) is 2.01. The van der Waals surface area contributed by atoms with Crippen LogP contribution in [0.5, 0.6) is 0 Å². The van der Waals surface area contributed by atoms with Gasteiger partial charge in [0.1, 0.15) is 0 Å². The molecule has 1 atom stereocenters. The standard InChI is InChI=1S/C17H23N3/c1-5-18-16-9-7-13-10-14(6-8-15(13)16)17-11(2)19-20(4)12(17)3/h6,8,10,16,18H,5,7,9H2,1-4H3. The Morgan fingerprint density at radius 1 is 1.35 bits per heavy atom. The van der Waals surface area contributed by atoms with E-state index in [-0.39, 0.29) is 0 Å². The van der Waals surface area contributed by atoms with Crippen LogP contribution in [0.25, 0.3) is 11.1 Å². The van der Waals surface area contributed by atoms with Crippen LogP contribution >= 0.6 is 0 Å². The van der Waals surface area contributed by atoms with Gasteiger partial charge in [-0.15, -0.1) is 0 Å². The van der Waals surface area contributed by atoms with Gasteiger partial charge in [-0.2, -0.15) is 5.10 Å². The second-order valence-corrected chi connectivity index (χ2v) is 5.73. The number of hydrogen-bond acceptors (Lipinski definition) is 2. The summed E-state index contributed by atoms with van der Waals surface area (Å²) in [6, 6.07) is 7.46. The van der Waals surface area contributed by atoms with E-state index in [1.165, 1.54) is 40.8 Å². The molecule has 0 bridgehead atoms. The van der Waals surface area contributed by atoms with Crippen molar-refractivity contribution in [2.75, 3.05) is 6.54 Å². The minimum absolute atomic E-state index is 0.542. The van der Waals surface area contributed by atoms with Crippen LogP contribution in [0, 0.1) is 13.8 Å². The van der Waals surface area contributed by atoms with Crippen LogP contribution in [0.3, 0.4) is 0 Å². The second-order valence-electron chi connectivity index (χ2n) is 5.73. The van der Waals surface area contributed by atoms with Crippen molar-refractivity contribution in [2.24, 2.45) is 7.05 Å². The number of benzene rings is 1. The van der Waals surface area contributed by atoms with Gasteiger partial charge in [0, 0.05) is 24.3 Å². The van der Waals surface area contributed by atoms with Gasteiger partial charge in [0.2, 0.25) is 0 Å². The lowest BCUT2D eigenvalue weighted by Gasteiger charge is -2.13. The molecule has 0 radical (unpaired) electrons. The summed E-state index contributed by atoms with van der Waals surface area (Å²) in [5.74, 6) is 0. The highest BCUT2D eigenvalue weighted by Crippen LogP contribution is 2.35. The van der Waals surface area contributed by atoms with Crippen LogP contribution < -0.4 is 5.32 Å². The number of aryl methyl sites for hydroxylation is 3. The van der Waals surface area contributed by atoms with Crippen molar-refractivity contribution in [3.8, 4) is 11.1 Å². The maximum atomic E-state index is 4.53. The van der Waals surface area contributed by atoms with Crippen molar-refractivity contribution < 1.29 is 0 Å². The van der Waals surface area contributed by atoms with E-state index in [9.17, 15) is 0 Å². The summed E-state index contributed by atoms with van der Waals surface area (Å²) in [6.07, 6.45) is 2.40. The number of fused-ring (bicyclic) bond motifs is 1. The first-order chi connectivity index (χ1) is 9.61. The average molecular weight is 269 g/mol. The Morgan fingerprint density at radius 2 is 2.15 bits per heavy atom. The highest BCUT2D eigenvalue weighted by molar-refractivity contribution is 5.70. The van der Waals surface area contributed by atoms with E-state index in [0.29, 0.717) is 6.04 Å². The summed E-state index contributed by atoms with van der Waals surface area (Å²) >= 11 is 0. The Hall–Kier alpha value is -1.61. The quantitative estimate of drug-likeness (QED) is 0.926. The van der Waals surface area contributed by atoms with Gasteiger partial charge in [0.25, 0.3) is 0 Å². The van der Waals surface area contributed by atoms with Crippen molar-refractivity contribution in [3.05, 3.63) is 40.7 Å². The second kappa shape index (κ2) is 5.06. The largest absolute Gasteiger partial charge is 0.310 e. The van der Waals surface area contributed by atoms with E-state index in [1.54, 1.807) is 0 Å². The predicted molar refractivity (Wildman–Crippen MR) is 82.9 cm³/mol. The zero-order valence-corrected chi connectivity index (χ0v) is 12.8. The fraction of sp³-hybridized carbons (Fsp3) is 0.471. The molecule has 2 aromatic rings. The number of aromatic nitrogens is 2. The van der Waals surface area contributed by atoms with Gasteiger partial charge in [0.15, 0.2) is 0 Å². The Bertz CT molecular complexity index is 640. The van der Waals surface area contributed by atoms with Crippen LogP contribution in [0.1, 0.15) is 41.9 Å². The van der Waals surface area contributed by atoms with Crippen molar-refractivity contribution in [3.63, 3.8) is 0 Å². The molecule has 1 aromatic heterocycles. The van der Waals surface area contributed by atoms with Gasteiger partial charge in [-0.05, 0) is 49.9 Å². The fourth-order valence-electron chi connectivity index (χ4n) is 3.42. The third kappa shape index (κ3) is 2.06. The number of rotatable bonds is 3. The topological polar surface area (TPSA) is 29.9 Å². The molecule has 1 aromatic carbocycles. The molecule has 1 unspecified atom stereocenters. The lowest BCUT2D eigenvalue weighted by Crippen LogP contribution is -2.18. The molecular weight excluding hydrogens is 246 g/mol. The van der Waals surface area contributed by atoms with Crippen molar-refractivity contribution >= 4 is 0 Å². The van der Waals surface area contributed by atoms with Crippen molar-refractivity contribution in [1.82, 2.24) is 15.1 Å². The molecule has 3 nitrogen and oxygen atoms in total. The van der Waals surface area contributed by atoms with Gasteiger partial charge in [-0.1, -0.05) is 25.1 Å². The Balaban J connectivity index is 2.02. The Labute approximate surface area is 121 Å². The number of nitrogens with one attached hydrogen (secondary N) is 1. The molecule has 1 N–H and O–H groups in total. The molecule has 3 heteroatoms. The van der Waals surface area contributed by atoms with Gasteiger partial charge in [0.05, 0.1) is 5.69 Å². The summed E-state index contributed by atoms with van der Waals surface area (Å²) in [5, 5.41) is 8.10. The summed E-state index contributed by atoms with van der Waals surface area (Å²) < 4.78 is 1.97. The highest BCUT2D eigenvalue weighted by Gasteiger charge is 2.22. The molecule has 1 aliphatic carbocycles. The predicted octanol–water partition coefficient (Wildman–Crippen LogP) is 3.30. The molecule has 0 saturated carbocycles. The fourth-order valence-corrected chi connectivity index (χ4v) is 3.42. The minimum Gasteiger partial charge on any atom is -0.310 e. The van der Waals surface area contributed by atoms with Crippen LogP contribution in [0.4, 0.5) is 0 Å². The van der Waals surface area contributed by atoms with Crippen LogP contribution in [0.15, 0.2) is 18.2 Å². The molecule has 106 valence electrons. The van der Waals surface area contributed by atoms with Gasteiger partial charge in [-0.25, -0.2) is 0 Å². The summed E-state index contributed by atoms with van der Waals surface area (Å²) in [6.45, 7) is 7.45. The lowest BCUT2D eigenvalue weighted by atomic mass is 9.98. The molecule has 20 heavy (non-hydrogen) atoms. The Kier molecular flexibility index (Phi) is 3.38. The first kappa shape index (κ1) is 13.4.